The Balaban J connectivity index is 1.86. The van der Waals surface area contributed by atoms with Crippen molar-refractivity contribution < 1.29 is 14.3 Å². The van der Waals surface area contributed by atoms with E-state index >= 15 is 0 Å². The second kappa shape index (κ2) is 12.0. The minimum atomic E-state index is -1.23. The molecule has 1 amide bonds. The smallest absolute Gasteiger partial charge is 0.331 e. The van der Waals surface area contributed by atoms with E-state index in [4.69, 9.17) is 4.74 Å². The Morgan fingerprint density at radius 1 is 1.06 bits per heavy atom. The normalized spacial score (nSPS) is 17.6. The highest BCUT2D eigenvalue weighted by atomic mass is 16.5. The van der Waals surface area contributed by atoms with E-state index in [0.717, 1.165) is 49.8 Å². The Morgan fingerprint density at radius 2 is 1.71 bits per heavy atom. The van der Waals surface area contributed by atoms with Crippen molar-refractivity contribution in [2.45, 2.75) is 96.6 Å². The van der Waals surface area contributed by atoms with Crippen LogP contribution in [0, 0.1) is 5.92 Å². The number of carbonyl (C=O) groups is 2. The van der Waals surface area contributed by atoms with Crippen LogP contribution in [0.1, 0.15) is 93.3 Å². The van der Waals surface area contributed by atoms with E-state index in [1.165, 1.54) is 32.1 Å². The molecule has 2 aliphatic carbocycles. The van der Waals surface area contributed by atoms with Crippen molar-refractivity contribution in [3.05, 3.63) is 33.2 Å². The minimum absolute atomic E-state index is 0.143. The standard InChI is InChI=1S/C27H43N3O4/c1-27(2,26(33)34-17-16-29(3)4)28-24(31)22-18-21-14-10-5-6-11-15-23(21)30(25(22)32)19-20-12-8-7-9-13-20/h18,20H,5-17,19H2,1-4H3,(H,28,31). The van der Waals surface area contributed by atoms with Gasteiger partial charge in [-0.1, -0.05) is 32.1 Å². The number of hydrogen-bond acceptors (Lipinski definition) is 5. The van der Waals surface area contributed by atoms with Crippen molar-refractivity contribution >= 4 is 11.9 Å². The number of aryl methyl sites for hydroxylation is 1. The first-order valence-corrected chi connectivity index (χ1v) is 13.1. The van der Waals surface area contributed by atoms with Gasteiger partial charge in [0.25, 0.3) is 11.5 Å². The highest BCUT2D eigenvalue weighted by Gasteiger charge is 2.33. The maximum Gasteiger partial charge on any atom is 0.331 e. The second-order valence-corrected chi connectivity index (χ2v) is 10.9. The Hall–Kier alpha value is -2.15. The third-order valence-electron chi connectivity index (χ3n) is 7.22. The molecule has 2 aliphatic rings. The van der Waals surface area contributed by atoms with Gasteiger partial charge in [-0.2, -0.15) is 0 Å². The van der Waals surface area contributed by atoms with Crippen LogP contribution in [0.2, 0.25) is 0 Å². The average molecular weight is 474 g/mol. The third-order valence-corrected chi connectivity index (χ3v) is 7.22. The fourth-order valence-electron chi connectivity index (χ4n) is 5.12. The average Bonchev–Trinajstić information content (AvgIpc) is 2.76. The van der Waals surface area contributed by atoms with Crippen LogP contribution in [0.5, 0.6) is 0 Å². The quantitative estimate of drug-likeness (QED) is 0.583. The fraction of sp³-hybridized carbons (Fsp3) is 0.741. The largest absolute Gasteiger partial charge is 0.463 e. The lowest BCUT2D eigenvalue weighted by Gasteiger charge is -2.28. The zero-order chi connectivity index (χ0) is 24.7. The molecule has 1 saturated carbocycles. The van der Waals surface area contributed by atoms with Gasteiger partial charge in [0.15, 0.2) is 0 Å². The zero-order valence-corrected chi connectivity index (χ0v) is 21.6. The number of fused-ring (bicyclic) bond motifs is 1. The molecule has 0 atom stereocenters. The lowest BCUT2D eigenvalue weighted by atomic mass is 9.88. The number of likely N-dealkylation sites (N-methyl/N-ethyl adjacent to an activating group) is 1. The fourth-order valence-corrected chi connectivity index (χ4v) is 5.12. The number of ether oxygens (including phenoxy) is 1. The molecule has 0 saturated heterocycles. The Bertz CT molecular complexity index is 913. The number of carbonyl (C=O) groups excluding carboxylic acids is 2. The molecular formula is C27H43N3O4. The number of hydrogen-bond donors (Lipinski definition) is 1. The molecule has 0 aromatic carbocycles. The van der Waals surface area contributed by atoms with Crippen LogP contribution < -0.4 is 10.9 Å². The van der Waals surface area contributed by atoms with Crippen LogP contribution in [0.3, 0.4) is 0 Å². The number of aromatic nitrogens is 1. The van der Waals surface area contributed by atoms with Gasteiger partial charge < -0.3 is 19.5 Å². The SMILES string of the molecule is CN(C)CCOC(=O)C(C)(C)NC(=O)c1cc2c(n(CC3CCCCC3)c1=O)CCCCCC2. The zero-order valence-electron chi connectivity index (χ0n) is 21.6. The van der Waals surface area contributed by atoms with Crippen LogP contribution in [0.4, 0.5) is 0 Å². The topological polar surface area (TPSA) is 80.6 Å². The highest BCUT2D eigenvalue weighted by Crippen LogP contribution is 2.27. The van der Waals surface area contributed by atoms with Gasteiger partial charge in [-0.05, 0) is 84.0 Å². The van der Waals surface area contributed by atoms with Gasteiger partial charge in [0.05, 0.1) is 0 Å². The summed E-state index contributed by atoms with van der Waals surface area (Å²) >= 11 is 0. The summed E-state index contributed by atoms with van der Waals surface area (Å²) in [4.78, 5) is 41.5. The molecule has 0 unspecified atom stereocenters. The van der Waals surface area contributed by atoms with Crippen molar-refractivity contribution in [2.24, 2.45) is 5.92 Å². The molecule has 0 aliphatic heterocycles. The van der Waals surface area contributed by atoms with E-state index < -0.39 is 17.4 Å². The number of nitrogens with zero attached hydrogens (tertiary/aromatic N) is 2. The summed E-state index contributed by atoms with van der Waals surface area (Å²) in [5, 5.41) is 2.78. The molecule has 7 nitrogen and oxygen atoms in total. The number of esters is 1. The summed E-state index contributed by atoms with van der Waals surface area (Å²) in [6.07, 6.45) is 12.3. The van der Waals surface area contributed by atoms with Gasteiger partial charge in [0.2, 0.25) is 0 Å². The molecule has 1 N–H and O–H groups in total. The maximum atomic E-state index is 13.6. The summed E-state index contributed by atoms with van der Waals surface area (Å²) in [5.41, 5.74) is 0.929. The van der Waals surface area contributed by atoms with E-state index in [1.807, 2.05) is 23.6 Å². The lowest BCUT2D eigenvalue weighted by Crippen LogP contribution is -2.52. The van der Waals surface area contributed by atoms with Crippen molar-refractivity contribution in [1.82, 2.24) is 14.8 Å². The van der Waals surface area contributed by atoms with Crippen molar-refractivity contribution in [3.8, 4) is 0 Å². The van der Waals surface area contributed by atoms with Crippen LogP contribution in [-0.4, -0.2) is 54.1 Å². The van der Waals surface area contributed by atoms with Crippen molar-refractivity contribution in [1.29, 1.82) is 0 Å². The first-order chi connectivity index (χ1) is 16.2. The number of amides is 1. The van der Waals surface area contributed by atoms with Gasteiger partial charge >= 0.3 is 5.97 Å². The van der Waals surface area contributed by atoms with Crippen LogP contribution in [0.25, 0.3) is 0 Å². The van der Waals surface area contributed by atoms with E-state index in [9.17, 15) is 14.4 Å². The number of rotatable bonds is 8. The van der Waals surface area contributed by atoms with Gasteiger partial charge in [-0.3, -0.25) is 9.59 Å². The maximum absolute atomic E-state index is 13.6. The molecule has 190 valence electrons. The molecule has 1 fully saturated rings. The lowest BCUT2D eigenvalue weighted by molar-refractivity contribution is -0.150. The van der Waals surface area contributed by atoms with Gasteiger partial charge in [-0.25, -0.2) is 4.79 Å². The summed E-state index contributed by atoms with van der Waals surface area (Å²) in [5.74, 6) is -0.513. The Morgan fingerprint density at radius 3 is 2.38 bits per heavy atom. The van der Waals surface area contributed by atoms with Crippen molar-refractivity contribution in [3.63, 3.8) is 0 Å². The predicted molar refractivity (Wildman–Crippen MR) is 134 cm³/mol. The third kappa shape index (κ3) is 6.94. The first kappa shape index (κ1) is 26.5. The van der Waals surface area contributed by atoms with E-state index in [-0.39, 0.29) is 17.7 Å². The van der Waals surface area contributed by atoms with E-state index in [2.05, 4.69) is 5.32 Å². The van der Waals surface area contributed by atoms with Gasteiger partial charge in [0, 0.05) is 18.8 Å². The highest BCUT2D eigenvalue weighted by molar-refractivity contribution is 5.97. The molecule has 34 heavy (non-hydrogen) atoms. The Labute approximate surface area is 204 Å². The van der Waals surface area contributed by atoms with Gasteiger partial charge in [-0.15, -0.1) is 0 Å². The predicted octanol–water partition coefficient (Wildman–Crippen LogP) is 3.70. The van der Waals surface area contributed by atoms with E-state index in [1.54, 1.807) is 19.9 Å². The molecule has 3 rings (SSSR count). The summed E-state index contributed by atoms with van der Waals surface area (Å²) in [6, 6.07) is 1.79. The number of nitrogens with one attached hydrogen (secondary N) is 1. The molecule has 0 spiro atoms. The second-order valence-electron chi connectivity index (χ2n) is 10.9. The molecule has 7 heteroatoms. The molecule has 0 radical (unpaired) electrons. The first-order valence-electron chi connectivity index (χ1n) is 13.1. The summed E-state index contributed by atoms with van der Waals surface area (Å²) < 4.78 is 7.26. The van der Waals surface area contributed by atoms with Gasteiger partial charge in [0.1, 0.15) is 17.7 Å². The van der Waals surface area contributed by atoms with Crippen molar-refractivity contribution in [2.75, 3.05) is 27.2 Å². The molecule has 1 heterocycles. The van der Waals surface area contributed by atoms with Crippen LogP contribution in [0.15, 0.2) is 10.9 Å². The molecule has 1 aromatic heterocycles. The van der Waals surface area contributed by atoms with Crippen LogP contribution in [-0.2, 0) is 28.9 Å². The summed E-state index contributed by atoms with van der Waals surface area (Å²) in [6.45, 7) is 4.79. The molecular weight excluding hydrogens is 430 g/mol. The molecule has 1 aromatic rings. The monoisotopic (exact) mass is 473 g/mol. The summed E-state index contributed by atoms with van der Waals surface area (Å²) in [7, 11) is 3.80. The van der Waals surface area contributed by atoms with E-state index in [0.29, 0.717) is 19.0 Å². The Kier molecular flexibility index (Phi) is 9.34. The number of pyridine rings is 1. The van der Waals surface area contributed by atoms with Crippen LogP contribution >= 0.6 is 0 Å². The minimum Gasteiger partial charge on any atom is -0.463 e. The molecule has 0 bridgehead atoms.